The van der Waals surface area contributed by atoms with Crippen LogP contribution in [0.15, 0.2) is 30.3 Å². The highest BCUT2D eigenvalue weighted by molar-refractivity contribution is 6.36. The Morgan fingerprint density at radius 3 is 2.40 bits per heavy atom. The maximum Gasteiger partial charge on any atom is 0.138 e. The third-order valence-corrected chi connectivity index (χ3v) is 4.14. The molecule has 0 aliphatic heterocycles. The zero-order valence-electron chi connectivity index (χ0n) is 10.9. The van der Waals surface area contributed by atoms with Crippen molar-refractivity contribution in [3.8, 4) is 5.75 Å². The molecule has 2 rings (SSSR count). The smallest absolute Gasteiger partial charge is 0.138 e. The summed E-state index contributed by atoms with van der Waals surface area (Å²) in [5.41, 5.74) is 1.80. The second-order valence-electron chi connectivity index (χ2n) is 4.38. The molecule has 0 amide bonds. The average Bonchev–Trinajstić information content (AvgIpc) is 2.43. The fraction of sp³-hybridized carbons (Fsp3) is 0.200. The van der Waals surface area contributed by atoms with Crippen molar-refractivity contribution < 1.29 is 9.13 Å². The first-order valence-electron chi connectivity index (χ1n) is 5.87. The summed E-state index contributed by atoms with van der Waals surface area (Å²) >= 11 is 18.6. The van der Waals surface area contributed by atoms with Crippen LogP contribution in [0.1, 0.15) is 22.1 Å². The van der Waals surface area contributed by atoms with Crippen molar-refractivity contribution in [2.45, 2.75) is 12.3 Å². The van der Waals surface area contributed by atoms with E-state index in [2.05, 4.69) is 0 Å². The highest BCUT2D eigenvalue weighted by atomic mass is 35.5. The molecule has 0 saturated heterocycles. The molecule has 1 unspecified atom stereocenters. The Bertz CT molecular complexity index is 643. The van der Waals surface area contributed by atoms with Crippen LogP contribution in [0, 0.1) is 12.7 Å². The van der Waals surface area contributed by atoms with Gasteiger partial charge in [0.1, 0.15) is 11.6 Å². The van der Waals surface area contributed by atoms with Crippen LogP contribution >= 0.6 is 34.8 Å². The first-order valence-corrected chi connectivity index (χ1v) is 7.06. The van der Waals surface area contributed by atoms with Gasteiger partial charge in [0.05, 0.1) is 17.5 Å². The molecule has 0 heterocycles. The fourth-order valence-electron chi connectivity index (χ4n) is 1.84. The van der Waals surface area contributed by atoms with Crippen LogP contribution in [0.3, 0.4) is 0 Å². The predicted octanol–water partition coefficient (Wildman–Crippen LogP) is 5.78. The van der Waals surface area contributed by atoms with Crippen molar-refractivity contribution in [1.29, 1.82) is 0 Å². The van der Waals surface area contributed by atoms with Gasteiger partial charge >= 0.3 is 0 Å². The van der Waals surface area contributed by atoms with Crippen LogP contribution < -0.4 is 4.74 Å². The van der Waals surface area contributed by atoms with Gasteiger partial charge in [-0.2, -0.15) is 0 Å². The molecular weight excluding hydrogens is 322 g/mol. The molecule has 0 aliphatic carbocycles. The number of hydrogen-bond donors (Lipinski definition) is 0. The highest BCUT2D eigenvalue weighted by Gasteiger charge is 2.18. The van der Waals surface area contributed by atoms with Crippen molar-refractivity contribution >= 4 is 34.8 Å². The van der Waals surface area contributed by atoms with Crippen molar-refractivity contribution in [3.05, 3.63) is 62.9 Å². The molecule has 5 heteroatoms. The van der Waals surface area contributed by atoms with Gasteiger partial charge in [-0.25, -0.2) is 4.39 Å². The van der Waals surface area contributed by atoms with Gasteiger partial charge in [-0.1, -0.05) is 35.3 Å². The lowest BCUT2D eigenvalue weighted by atomic mass is 10.0. The van der Waals surface area contributed by atoms with E-state index in [1.807, 2.05) is 0 Å². The molecule has 0 spiro atoms. The zero-order valence-corrected chi connectivity index (χ0v) is 13.2. The number of alkyl halides is 1. The Labute approximate surface area is 132 Å². The molecule has 20 heavy (non-hydrogen) atoms. The molecule has 0 bridgehead atoms. The van der Waals surface area contributed by atoms with Gasteiger partial charge in [0.15, 0.2) is 0 Å². The van der Waals surface area contributed by atoms with Crippen LogP contribution in [0.5, 0.6) is 5.75 Å². The number of rotatable bonds is 3. The van der Waals surface area contributed by atoms with Crippen molar-refractivity contribution in [1.82, 2.24) is 0 Å². The third-order valence-electron chi connectivity index (χ3n) is 3.03. The Morgan fingerprint density at radius 2 is 1.80 bits per heavy atom. The fourth-order valence-corrected chi connectivity index (χ4v) is 2.73. The predicted molar refractivity (Wildman–Crippen MR) is 81.8 cm³/mol. The lowest BCUT2D eigenvalue weighted by molar-refractivity contribution is 0.415. The molecule has 0 aliphatic rings. The SMILES string of the molecule is COc1cc(Cl)c(C(Cl)c2ccc(C)c(F)c2)cc1Cl. The monoisotopic (exact) mass is 332 g/mol. The van der Waals surface area contributed by atoms with Crippen molar-refractivity contribution in [3.63, 3.8) is 0 Å². The van der Waals surface area contributed by atoms with E-state index in [9.17, 15) is 4.39 Å². The Morgan fingerprint density at radius 1 is 1.10 bits per heavy atom. The number of halogens is 4. The third kappa shape index (κ3) is 3.03. The highest BCUT2D eigenvalue weighted by Crippen LogP contribution is 2.39. The maximum absolute atomic E-state index is 13.6. The summed E-state index contributed by atoms with van der Waals surface area (Å²) in [4.78, 5) is 0. The van der Waals surface area contributed by atoms with Crippen LogP contribution in [0.2, 0.25) is 10.0 Å². The summed E-state index contributed by atoms with van der Waals surface area (Å²) < 4.78 is 18.7. The molecule has 1 atom stereocenters. The molecule has 0 N–H and O–H groups in total. The van der Waals surface area contributed by atoms with Crippen LogP contribution in [0.25, 0.3) is 0 Å². The van der Waals surface area contributed by atoms with E-state index in [-0.39, 0.29) is 5.82 Å². The Hall–Kier alpha value is -0.960. The molecule has 1 nitrogen and oxygen atoms in total. The second kappa shape index (κ2) is 6.21. The number of ether oxygens (including phenoxy) is 1. The minimum Gasteiger partial charge on any atom is -0.495 e. The largest absolute Gasteiger partial charge is 0.495 e. The number of hydrogen-bond acceptors (Lipinski definition) is 1. The zero-order chi connectivity index (χ0) is 14.9. The van der Waals surface area contributed by atoms with E-state index in [4.69, 9.17) is 39.5 Å². The summed E-state index contributed by atoms with van der Waals surface area (Å²) in [6.45, 7) is 1.69. The lowest BCUT2D eigenvalue weighted by Crippen LogP contribution is -1.97. The van der Waals surface area contributed by atoms with E-state index in [0.29, 0.717) is 32.5 Å². The van der Waals surface area contributed by atoms with E-state index < -0.39 is 5.38 Å². The average molecular weight is 334 g/mol. The second-order valence-corrected chi connectivity index (χ2v) is 5.63. The van der Waals surface area contributed by atoms with E-state index in [1.165, 1.54) is 13.2 Å². The summed E-state index contributed by atoms with van der Waals surface area (Å²) in [5.74, 6) is 0.170. The first kappa shape index (κ1) is 15.4. The summed E-state index contributed by atoms with van der Waals surface area (Å²) in [6, 6.07) is 8.09. The first-order chi connectivity index (χ1) is 9.43. The summed E-state index contributed by atoms with van der Waals surface area (Å²) in [7, 11) is 1.50. The molecule has 0 saturated carbocycles. The van der Waals surface area contributed by atoms with Gasteiger partial charge in [0.2, 0.25) is 0 Å². The molecule has 0 radical (unpaired) electrons. The summed E-state index contributed by atoms with van der Waals surface area (Å²) in [6.07, 6.45) is 0. The normalized spacial score (nSPS) is 12.3. The quantitative estimate of drug-likeness (QED) is 0.647. The number of methoxy groups -OCH3 is 1. The van der Waals surface area contributed by atoms with E-state index >= 15 is 0 Å². The Kier molecular flexibility index (Phi) is 4.79. The van der Waals surface area contributed by atoms with E-state index in [0.717, 1.165) is 0 Å². The summed E-state index contributed by atoms with van der Waals surface area (Å²) in [5, 5.41) is 0.248. The standard InChI is InChI=1S/C15H12Cl3FO/c1-8-3-4-9(5-13(8)19)15(18)10-6-12(17)14(20-2)7-11(10)16/h3-7,15H,1-2H3. The molecule has 0 aromatic heterocycles. The number of benzene rings is 2. The van der Waals surface area contributed by atoms with Crippen molar-refractivity contribution in [2.75, 3.05) is 7.11 Å². The topological polar surface area (TPSA) is 9.23 Å². The van der Waals surface area contributed by atoms with Gasteiger partial charge in [-0.05, 0) is 35.7 Å². The van der Waals surface area contributed by atoms with Crippen LogP contribution in [-0.4, -0.2) is 7.11 Å². The molecule has 2 aromatic rings. The van der Waals surface area contributed by atoms with Gasteiger partial charge in [-0.15, -0.1) is 11.6 Å². The minimum absolute atomic E-state index is 0.302. The molecule has 106 valence electrons. The maximum atomic E-state index is 13.6. The van der Waals surface area contributed by atoms with Gasteiger partial charge in [0, 0.05) is 11.1 Å². The van der Waals surface area contributed by atoms with Crippen LogP contribution in [-0.2, 0) is 0 Å². The van der Waals surface area contributed by atoms with Crippen molar-refractivity contribution in [2.24, 2.45) is 0 Å². The number of aryl methyl sites for hydroxylation is 1. The lowest BCUT2D eigenvalue weighted by Gasteiger charge is -2.15. The van der Waals surface area contributed by atoms with Gasteiger partial charge in [0.25, 0.3) is 0 Å². The molecular formula is C15H12Cl3FO. The van der Waals surface area contributed by atoms with Crippen LogP contribution in [0.4, 0.5) is 4.39 Å². The minimum atomic E-state index is -0.582. The molecule has 2 aromatic carbocycles. The van der Waals surface area contributed by atoms with Gasteiger partial charge in [-0.3, -0.25) is 0 Å². The molecule has 0 fully saturated rings. The van der Waals surface area contributed by atoms with Gasteiger partial charge < -0.3 is 4.74 Å². The van der Waals surface area contributed by atoms with E-state index in [1.54, 1.807) is 31.2 Å². The Balaban J connectivity index is 2.45.